The molecule has 1 aliphatic rings. The van der Waals surface area contributed by atoms with Gasteiger partial charge in [0.25, 0.3) is 0 Å². The third-order valence-electron chi connectivity index (χ3n) is 3.23. The average Bonchev–Trinajstić information content (AvgIpc) is 2.27. The average molecular weight is 215 g/mol. The molecule has 0 fully saturated rings. The maximum absolute atomic E-state index is 2.49. The summed E-state index contributed by atoms with van der Waals surface area (Å²) in [6, 6.07) is 7.20. The van der Waals surface area contributed by atoms with Gasteiger partial charge in [-0.25, -0.2) is 0 Å². The lowest BCUT2D eigenvalue weighted by Gasteiger charge is -2.34. The molecule has 1 aromatic carbocycles. The van der Waals surface area contributed by atoms with E-state index in [2.05, 4.69) is 62.9 Å². The highest BCUT2D eigenvalue weighted by Gasteiger charge is 2.20. The topological polar surface area (TPSA) is 3.24 Å². The lowest BCUT2D eigenvalue weighted by molar-refractivity contribution is 0.708. The molecule has 16 heavy (non-hydrogen) atoms. The Bertz CT molecular complexity index is 402. The fraction of sp³-hybridized carbons (Fsp3) is 0.467. The van der Waals surface area contributed by atoms with Gasteiger partial charge in [0.05, 0.1) is 0 Å². The Hall–Kier alpha value is -1.24. The van der Waals surface area contributed by atoms with Crippen molar-refractivity contribution in [2.24, 2.45) is 0 Å². The molecule has 0 amide bonds. The summed E-state index contributed by atoms with van der Waals surface area (Å²) in [5.41, 5.74) is 4.27. The number of anilines is 1. The molecule has 1 aliphatic heterocycles. The molecule has 0 aromatic heterocycles. The molecular weight excluding hydrogens is 194 g/mol. The van der Waals surface area contributed by atoms with Gasteiger partial charge in [0, 0.05) is 18.3 Å². The van der Waals surface area contributed by atoms with Crippen LogP contribution in [0.5, 0.6) is 0 Å². The third-order valence-corrected chi connectivity index (χ3v) is 3.23. The minimum absolute atomic E-state index is 0.559. The second kappa shape index (κ2) is 4.32. The molecule has 1 nitrogen and oxygen atoms in total. The molecule has 0 spiro atoms. The molecule has 1 heterocycles. The van der Waals surface area contributed by atoms with E-state index >= 15 is 0 Å². The van der Waals surface area contributed by atoms with Crippen LogP contribution < -0.4 is 4.90 Å². The molecule has 0 unspecified atom stereocenters. The summed E-state index contributed by atoms with van der Waals surface area (Å²) in [6.07, 6.45) is 4.51. The van der Waals surface area contributed by atoms with E-state index in [-0.39, 0.29) is 0 Å². The highest BCUT2D eigenvalue weighted by molar-refractivity contribution is 5.75. The van der Waals surface area contributed by atoms with Crippen LogP contribution in [-0.4, -0.2) is 12.6 Å². The SMILES string of the molecule is CC(C)c1cccc2c1N(C(C)C)CC=C2. The van der Waals surface area contributed by atoms with Gasteiger partial charge in [0.15, 0.2) is 0 Å². The minimum atomic E-state index is 0.559. The summed E-state index contributed by atoms with van der Waals surface area (Å²) >= 11 is 0. The Kier molecular flexibility index (Phi) is 3.04. The molecule has 2 rings (SSSR count). The van der Waals surface area contributed by atoms with Crippen LogP contribution in [0.3, 0.4) is 0 Å². The van der Waals surface area contributed by atoms with E-state index in [0.29, 0.717) is 12.0 Å². The van der Waals surface area contributed by atoms with E-state index in [4.69, 9.17) is 0 Å². The van der Waals surface area contributed by atoms with Crippen LogP contribution >= 0.6 is 0 Å². The second-order valence-electron chi connectivity index (χ2n) is 5.09. The lowest BCUT2D eigenvalue weighted by Crippen LogP contribution is -2.33. The van der Waals surface area contributed by atoms with Crippen LogP contribution in [0, 0.1) is 0 Å². The number of rotatable bonds is 2. The van der Waals surface area contributed by atoms with Crippen molar-refractivity contribution < 1.29 is 0 Å². The van der Waals surface area contributed by atoms with E-state index in [0.717, 1.165) is 6.54 Å². The largest absolute Gasteiger partial charge is 0.365 e. The number of hydrogen-bond donors (Lipinski definition) is 0. The smallest absolute Gasteiger partial charge is 0.0480 e. The summed E-state index contributed by atoms with van der Waals surface area (Å²) in [7, 11) is 0. The zero-order chi connectivity index (χ0) is 11.7. The van der Waals surface area contributed by atoms with Crippen molar-refractivity contribution in [3.8, 4) is 0 Å². The van der Waals surface area contributed by atoms with Crippen molar-refractivity contribution in [3.63, 3.8) is 0 Å². The zero-order valence-electron chi connectivity index (χ0n) is 10.7. The molecule has 0 saturated heterocycles. The van der Waals surface area contributed by atoms with Crippen LogP contribution in [-0.2, 0) is 0 Å². The van der Waals surface area contributed by atoms with Gasteiger partial charge in [-0.15, -0.1) is 0 Å². The van der Waals surface area contributed by atoms with E-state index in [1.54, 1.807) is 0 Å². The Morgan fingerprint density at radius 3 is 2.50 bits per heavy atom. The van der Waals surface area contributed by atoms with Crippen LogP contribution in [0.25, 0.3) is 6.08 Å². The first-order chi connectivity index (χ1) is 7.61. The molecule has 0 radical (unpaired) electrons. The van der Waals surface area contributed by atoms with Crippen molar-refractivity contribution in [2.45, 2.75) is 39.7 Å². The fourth-order valence-electron chi connectivity index (χ4n) is 2.37. The Labute approximate surface area is 98.8 Å². The molecule has 1 aromatic rings. The fourth-order valence-corrected chi connectivity index (χ4v) is 2.37. The second-order valence-corrected chi connectivity index (χ2v) is 5.09. The van der Waals surface area contributed by atoms with Gasteiger partial charge in [-0.1, -0.05) is 44.2 Å². The van der Waals surface area contributed by atoms with E-state index < -0.39 is 0 Å². The minimum Gasteiger partial charge on any atom is -0.365 e. The lowest BCUT2D eigenvalue weighted by atomic mass is 9.94. The summed E-state index contributed by atoms with van der Waals surface area (Å²) in [5, 5.41) is 0. The first-order valence-electron chi connectivity index (χ1n) is 6.17. The third kappa shape index (κ3) is 1.87. The first kappa shape index (κ1) is 11.3. The van der Waals surface area contributed by atoms with Crippen molar-refractivity contribution in [1.29, 1.82) is 0 Å². The summed E-state index contributed by atoms with van der Waals surface area (Å²) in [4.78, 5) is 2.49. The van der Waals surface area contributed by atoms with Gasteiger partial charge in [-0.2, -0.15) is 0 Å². The van der Waals surface area contributed by atoms with Gasteiger partial charge in [-0.05, 0) is 30.9 Å². The highest BCUT2D eigenvalue weighted by Crippen LogP contribution is 2.35. The number of nitrogens with zero attached hydrogens (tertiary/aromatic N) is 1. The van der Waals surface area contributed by atoms with Crippen LogP contribution in [0.1, 0.15) is 44.7 Å². The molecule has 0 atom stereocenters. The highest BCUT2D eigenvalue weighted by atomic mass is 15.2. The van der Waals surface area contributed by atoms with Crippen molar-refractivity contribution in [2.75, 3.05) is 11.4 Å². The molecular formula is C15H21N. The monoisotopic (exact) mass is 215 g/mol. The molecule has 86 valence electrons. The maximum Gasteiger partial charge on any atom is 0.0480 e. The van der Waals surface area contributed by atoms with Gasteiger partial charge in [-0.3, -0.25) is 0 Å². The normalized spacial score (nSPS) is 14.8. The van der Waals surface area contributed by atoms with Crippen molar-refractivity contribution in [3.05, 3.63) is 35.4 Å². The van der Waals surface area contributed by atoms with Crippen LogP contribution in [0.15, 0.2) is 24.3 Å². The maximum atomic E-state index is 2.49. The van der Waals surface area contributed by atoms with E-state index in [9.17, 15) is 0 Å². The van der Waals surface area contributed by atoms with Gasteiger partial charge in [0.2, 0.25) is 0 Å². The van der Waals surface area contributed by atoms with Crippen LogP contribution in [0.2, 0.25) is 0 Å². The summed E-state index contributed by atoms with van der Waals surface area (Å²) < 4.78 is 0. The number of fused-ring (bicyclic) bond motifs is 1. The molecule has 0 saturated carbocycles. The van der Waals surface area contributed by atoms with E-state index in [1.807, 2.05) is 0 Å². The number of hydrogen-bond acceptors (Lipinski definition) is 1. The van der Waals surface area contributed by atoms with Crippen molar-refractivity contribution in [1.82, 2.24) is 0 Å². The standard InChI is InChI=1S/C15H21N/c1-11(2)14-9-5-7-13-8-6-10-16(12(3)4)15(13)14/h5-9,11-12H,10H2,1-4H3. The first-order valence-corrected chi connectivity index (χ1v) is 6.17. The Balaban J connectivity index is 2.56. The van der Waals surface area contributed by atoms with Gasteiger partial charge in [0.1, 0.15) is 0 Å². The van der Waals surface area contributed by atoms with Crippen molar-refractivity contribution >= 4 is 11.8 Å². The van der Waals surface area contributed by atoms with Gasteiger partial charge < -0.3 is 4.90 Å². The van der Waals surface area contributed by atoms with E-state index in [1.165, 1.54) is 16.8 Å². The number of para-hydroxylation sites is 1. The molecule has 0 bridgehead atoms. The van der Waals surface area contributed by atoms with Gasteiger partial charge >= 0.3 is 0 Å². The molecule has 0 aliphatic carbocycles. The summed E-state index contributed by atoms with van der Waals surface area (Å²) in [6.45, 7) is 10.1. The quantitative estimate of drug-likeness (QED) is 0.719. The summed E-state index contributed by atoms with van der Waals surface area (Å²) in [5.74, 6) is 0.586. The number of benzene rings is 1. The zero-order valence-corrected chi connectivity index (χ0v) is 10.7. The predicted molar refractivity (Wildman–Crippen MR) is 72.0 cm³/mol. The van der Waals surface area contributed by atoms with Crippen LogP contribution in [0.4, 0.5) is 5.69 Å². The Morgan fingerprint density at radius 2 is 1.88 bits per heavy atom. The predicted octanol–water partition coefficient (Wildman–Crippen LogP) is 4.05. The Morgan fingerprint density at radius 1 is 1.12 bits per heavy atom. The molecule has 1 heteroatoms. The molecule has 0 N–H and O–H groups in total.